The van der Waals surface area contributed by atoms with Gasteiger partial charge in [-0.15, -0.1) is 0 Å². The van der Waals surface area contributed by atoms with Gasteiger partial charge < -0.3 is 9.47 Å². The average Bonchev–Trinajstić information content (AvgIpc) is 2.41. The zero-order valence-electron chi connectivity index (χ0n) is 11.1. The molecule has 1 aromatic carbocycles. The van der Waals surface area contributed by atoms with Crippen molar-refractivity contribution in [2.24, 2.45) is 0 Å². The largest absolute Gasteiger partial charge is 0.493 e. The molecule has 0 atom stereocenters. The summed E-state index contributed by atoms with van der Waals surface area (Å²) in [4.78, 5) is 22.0. The molecule has 0 saturated heterocycles. The molecule has 19 heavy (non-hydrogen) atoms. The third kappa shape index (κ3) is 4.84. The van der Waals surface area contributed by atoms with Crippen LogP contribution in [-0.2, 0) is 9.53 Å². The molecule has 1 rings (SSSR count). The van der Waals surface area contributed by atoms with Crippen LogP contribution in [-0.4, -0.2) is 25.5 Å². The first-order chi connectivity index (χ1) is 9.21. The van der Waals surface area contributed by atoms with Crippen molar-refractivity contribution in [3.8, 4) is 17.6 Å². The first-order valence-electron chi connectivity index (χ1n) is 6.07. The fraction of sp³-hybridized carbons (Fsp3) is 0.333. The summed E-state index contributed by atoms with van der Waals surface area (Å²) in [5.74, 6) is 5.71. The van der Waals surface area contributed by atoms with Gasteiger partial charge in [0.25, 0.3) is 0 Å². The van der Waals surface area contributed by atoms with E-state index < -0.39 is 0 Å². The monoisotopic (exact) mass is 260 g/mol. The van der Waals surface area contributed by atoms with Crippen LogP contribution in [0.15, 0.2) is 18.2 Å². The molecule has 1 aromatic rings. The number of esters is 1. The lowest BCUT2D eigenvalue weighted by molar-refractivity contribution is -0.141. The van der Waals surface area contributed by atoms with E-state index in [9.17, 15) is 9.59 Å². The molecule has 100 valence electrons. The van der Waals surface area contributed by atoms with Crippen molar-refractivity contribution in [1.82, 2.24) is 0 Å². The van der Waals surface area contributed by atoms with Crippen LogP contribution in [0, 0.1) is 11.8 Å². The fourth-order valence-corrected chi connectivity index (χ4v) is 1.44. The van der Waals surface area contributed by atoms with E-state index in [1.54, 1.807) is 25.1 Å². The van der Waals surface area contributed by atoms with Gasteiger partial charge in [0, 0.05) is 5.56 Å². The topological polar surface area (TPSA) is 52.6 Å². The molecule has 0 bridgehead atoms. The summed E-state index contributed by atoms with van der Waals surface area (Å²) < 4.78 is 10.1. The van der Waals surface area contributed by atoms with Crippen LogP contribution in [0.2, 0.25) is 0 Å². The number of benzene rings is 1. The summed E-state index contributed by atoms with van der Waals surface area (Å²) in [5, 5.41) is 0. The first kappa shape index (κ1) is 14.8. The molecule has 0 radical (unpaired) electrons. The van der Waals surface area contributed by atoms with E-state index in [1.807, 2.05) is 6.92 Å². The molecule has 0 saturated carbocycles. The summed E-state index contributed by atoms with van der Waals surface area (Å²) in [6.45, 7) is 4.43. The van der Waals surface area contributed by atoms with Gasteiger partial charge in [-0.25, -0.2) is 0 Å². The third-order valence-electron chi connectivity index (χ3n) is 2.21. The third-order valence-corrected chi connectivity index (χ3v) is 2.21. The van der Waals surface area contributed by atoms with Gasteiger partial charge in [-0.2, -0.15) is 0 Å². The van der Waals surface area contributed by atoms with Crippen LogP contribution in [0.1, 0.15) is 36.2 Å². The Morgan fingerprint density at radius 2 is 2.11 bits per heavy atom. The Morgan fingerprint density at radius 3 is 2.74 bits per heavy atom. The summed E-state index contributed by atoms with van der Waals surface area (Å²) in [6, 6.07) is 5.08. The number of hydrogen-bond acceptors (Lipinski definition) is 4. The van der Waals surface area contributed by atoms with E-state index in [0.29, 0.717) is 30.1 Å². The van der Waals surface area contributed by atoms with E-state index in [4.69, 9.17) is 9.47 Å². The van der Waals surface area contributed by atoms with Crippen molar-refractivity contribution in [2.45, 2.75) is 20.3 Å². The zero-order chi connectivity index (χ0) is 14.1. The molecule has 0 aliphatic rings. The quantitative estimate of drug-likeness (QED) is 0.462. The minimum atomic E-state index is -0.350. The highest BCUT2D eigenvalue weighted by molar-refractivity contribution is 5.80. The number of carbonyl (C=O) groups is 2. The summed E-state index contributed by atoms with van der Waals surface area (Å²) in [5.41, 5.74) is 1.11. The summed E-state index contributed by atoms with van der Waals surface area (Å²) in [6.07, 6.45) is 0.763. The molecule has 0 aromatic heterocycles. The summed E-state index contributed by atoms with van der Waals surface area (Å²) in [7, 11) is 0. The molecule has 0 aliphatic heterocycles. The van der Waals surface area contributed by atoms with Gasteiger partial charge in [-0.05, 0) is 32.0 Å². The van der Waals surface area contributed by atoms with E-state index >= 15 is 0 Å². The number of aldehydes is 1. The molecule has 0 fully saturated rings. The van der Waals surface area contributed by atoms with E-state index in [2.05, 4.69) is 11.8 Å². The second-order valence-electron chi connectivity index (χ2n) is 3.59. The molecule has 0 spiro atoms. The van der Waals surface area contributed by atoms with Crippen LogP contribution < -0.4 is 4.74 Å². The number of rotatable bonds is 5. The lowest BCUT2D eigenvalue weighted by Gasteiger charge is -2.05. The smallest absolute Gasteiger partial charge is 0.317 e. The minimum Gasteiger partial charge on any atom is -0.493 e. The van der Waals surface area contributed by atoms with Crippen LogP contribution in [0.5, 0.6) is 5.75 Å². The van der Waals surface area contributed by atoms with Crippen molar-refractivity contribution in [3.05, 3.63) is 29.3 Å². The van der Waals surface area contributed by atoms with Crippen LogP contribution in [0.25, 0.3) is 0 Å². The molecule has 0 unspecified atom stereocenters. The second-order valence-corrected chi connectivity index (χ2v) is 3.59. The van der Waals surface area contributed by atoms with Crippen molar-refractivity contribution < 1.29 is 19.1 Å². The molecule has 0 aliphatic carbocycles. The number of carbonyl (C=O) groups excluding carboxylic acids is 2. The summed E-state index contributed by atoms with van der Waals surface area (Å²) >= 11 is 0. The Hall–Kier alpha value is -2.28. The Bertz CT molecular complexity index is 509. The highest BCUT2D eigenvalue weighted by atomic mass is 16.5. The van der Waals surface area contributed by atoms with E-state index in [1.165, 1.54) is 0 Å². The van der Waals surface area contributed by atoms with Crippen LogP contribution in [0.3, 0.4) is 0 Å². The number of ether oxygens (including phenoxy) is 2. The van der Waals surface area contributed by atoms with Crippen LogP contribution in [0.4, 0.5) is 0 Å². The zero-order valence-corrected chi connectivity index (χ0v) is 11.1. The van der Waals surface area contributed by atoms with Crippen molar-refractivity contribution in [3.63, 3.8) is 0 Å². The molecule has 0 amide bonds. The van der Waals surface area contributed by atoms with Gasteiger partial charge in [-0.1, -0.05) is 11.8 Å². The Labute approximate surface area is 112 Å². The molecule has 0 N–H and O–H groups in total. The average molecular weight is 260 g/mol. The molecule has 0 heterocycles. The molecular formula is C15H16O4. The fourth-order valence-electron chi connectivity index (χ4n) is 1.44. The van der Waals surface area contributed by atoms with Gasteiger partial charge in [0.05, 0.1) is 18.8 Å². The molecule has 4 heteroatoms. The van der Waals surface area contributed by atoms with Gasteiger partial charge in [0.1, 0.15) is 12.2 Å². The number of hydrogen-bond donors (Lipinski definition) is 0. The maximum Gasteiger partial charge on any atom is 0.317 e. The highest BCUT2D eigenvalue weighted by Gasteiger charge is 2.03. The molecular weight excluding hydrogens is 244 g/mol. The van der Waals surface area contributed by atoms with Crippen LogP contribution >= 0.6 is 0 Å². The minimum absolute atomic E-state index is 0.0392. The lowest BCUT2D eigenvalue weighted by atomic mass is 10.1. The lowest BCUT2D eigenvalue weighted by Crippen LogP contribution is -2.01. The predicted molar refractivity (Wildman–Crippen MR) is 71.1 cm³/mol. The van der Waals surface area contributed by atoms with E-state index in [0.717, 1.165) is 6.29 Å². The van der Waals surface area contributed by atoms with Gasteiger partial charge >= 0.3 is 5.97 Å². The van der Waals surface area contributed by atoms with Gasteiger partial charge in [0.15, 0.2) is 6.29 Å². The maximum atomic E-state index is 11.1. The van der Waals surface area contributed by atoms with Gasteiger partial charge in [0.2, 0.25) is 0 Å². The first-order valence-corrected chi connectivity index (χ1v) is 6.07. The molecule has 4 nitrogen and oxygen atoms in total. The SMILES string of the molecule is CCOC(=O)CC#Cc1ccc(OCC)c(C=O)c1. The Balaban J connectivity index is 2.77. The standard InChI is InChI=1S/C15H16O4/c1-3-18-14-9-8-12(10-13(14)11-16)6-5-7-15(17)19-4-2/h8-11H,3-4,7H2,1-2H3. The van der Waals surface area contributed by atoms with E-state index in [-0.39, 0.29) is 12.4 Å². The predicted octanol–water partition coefficient (Wildman–Crippen LogP) is 2.20. The van der Waals surface area contributed by atoms with Gasteiger partial charge in [-0.3, -0.25) is 9.59 Å². The Morgan fingerprint density at radius 1 is 1.32 bits per heavy atom. The highest BCUT2D eigenvalue weighted by Crippen LogP contribution is 2.18. The normalized spacial score (nSPS) is 9.16. The van der Waals surface area contributed by atoms with Crippen molar-refractivity contribution >= 4 is 12.3 Å². The second kappa shape index (κ2) is 7.93. The maximum absolute atomic E-state index is 11.1. The Kier molecular flexibility index (Phi) is 6.17. The van der Waals surface area contributed by atoms with Crippen molar-refractivity contribution in [2.75, 3.05) is 13.2 Å². The van der Waals surface area contributed by atoms with Crippen molar-refractivity contribution in [1.29, 1.82) is 0 Å².